The molecule has 1 aromatic heterocycles. The standard InChI is InChI=1S/C10H15ClN4O3/c11-9-8(15(17)18)10(14-7-13-9)12-5-3-1-2-4-6-16/h7,16H,1-6H2,(H,12,13,14). The van der Waals surface area contributed by atoms with Gasteiger partial charge < -0.3 is 10.4 Å². The first-order valence-corrected chi connectivity index (χ1v) is 6.04. The van der Waals surface area contributed by atoms with E-state index in [2.05, 4.69) is 15.3 Å². The molecule has 0 radical (unpaired) electrons. The van der Waals surface area contributed by atoms with E-state index >= 15 is 0 Å². The summed E-state index contributed by atoms with van der Waals surface area (Å²) >= 11 is 5.65. The van der Waals surface area contributed by atoms with Crippen molar-refractivity contribution >= 4 is 23.1 Å². The normalized spacial score (nSPS) is 10.3. The molecule has 0 unspecified atom stereocenters. The van der Waals surface area contributed by atoms with Crippen LogP contribution in [-0.4, -0.2) is 33.1 Å². The van der Waals surface area contributed by atoms with E-state index in [1.165, 1.54) is 6.33 Å². The zero-order chi connectivity index (χ0) is 13.4. The van der Waals surface area contributed by atoms with Crippen LogP contribution in [0.15, 0.2) is 6.33 Å². The Morgan fingerprint density at radius 3 is 2.72 bits per heavy atom. The van der Waals surface area contributed by atoms with E-state index in [-0.39, 0.29) is 23.3 Å². The molecule has 0 amide bonds. The van der Waals surface area contributed by atoms with Crippen LogP contribution in [0.25, 0.3) is 0 Å². The molecule has 1 rings (SSSR count). The maximum Gasteiger partial charge on any atom is 0.348 e. The number of nitro groups is 1. The van der Waals surface area contributed by atoms with Crippen molar-refractivity contribution < 1.29 is 10.0 Å². The van der Waals surface area contributed by atoms with Crippen molar-refractivity contribution in [1.82, 2.24) is 9.97 Å². The second kappa shape index (κ2) is 7.78. The third-order valence-electron chi connectivity index (χ3n) is 2.34. The molecule has 0 saturated heterocycles. The third-order valence-corrected chi connectivity index (χ3v) is 2.61. The van der Waals surface area contributed by atoms with Gasteiger partial charge in [-0.1, -0.05) is 24.4 Å². The summed E-state index contributed by atoms with van der Waals surface area (Å²) < 4.78 is 0. The zero-order valence-corrected chi connectivity index (χ0v) is 10.6. The smallest absolute Gasteiger partial charge is 0.348 e. The Morgan fingerprint density at radius 2 is 2.06 bits per heavy atom. The molecule has 8 heteroatoms. The molecule has 0 bridgehead atoms. The minimum Gasteiger partial charge on any atom is -0.396 e. The summed E-state index contributed by atoms with van der Waals surface area (Å²) in [4.78, 5) is 17.6. The lowest BCUT2D eigenvalue weighted by atomic mass is 10.2. The highest BCUT2D eigenvalue weighted by atomic mass is 35.5. The minimum absolute atomic E-state index is 0.141. The maximum atomic E-state index is 10.8. The van der Waals surface area contributed by atoms with Gasteiger partial charge >= 0.3 is 5.69 Å². The van der Waals surface area contributed by atoms with Crippen LogP contribution in [-0.2, 0) is 0 Å². The summed E-state index contributed by atoms with van der Waals surface area (Å²) in [7, 11) is 0. The SMILES string of the molecule is O=[N+]([O-])c1c(Cl)ncnc1NCCCCCCO. The van der Waals surface area contributed by atoms with Crippen LogP contribution in [0.4, 0.5) is 11.5 Å². The van der Waals surface area contributed by atoms with E-state index in [1.54, 1.807) is 0 Å². The number of rotatable bonds is 8. The number of hydrogen-bond donors (Lipinski definition) is 2. The summed E-state index contributed by atoms with van der Waals surface area (Å²) in [6.45, 7) is 0.764. The number of unbranched alkanes of at least 4 members (excludes halogenated alkanes) is 3. The van der Waals surface area contributed by atoms with Crippen molar-refractivity contribution in [2.45, 2.75) is 25.7 Å². The number of aliphatic hydroxyl groups is 1. The lowest BCUT2D eigenvalue weighted by molar-refractivity contribution is -0.384. The van der Waals surface area contributed by atoms with Gasteiger partial charge in [0.1, 0.15) is 6.33 Å². The largest absolute Gasteiger partial charge is 0.396 e. The second-order valence-electron chi connectivity index (χ2n) is 3.68. The van der Waals surface area contributed by atoms with Gasteiger partial charge in [0.2, 0.25) is 11.0 Å². The van der Waals surface area contributed by atoms with Crippen molar-refractivity contribution in [2.75, 3.05) is 18.5 Å². The monoisotopic (exact) mass is 274 g/mol. The Balaban J connectivity index is 2.47. The minimum atomic E-state index is -0.601. The van der Waals surface area contributed by atoms with Gasteiger partial charge in [-0.05, 0) is 12.8 Å². The first-order chi connectivity index (χ1) is 8.66. The zero-order valence-electron chi connectivity index (χ0n) is 9.80. The van der Waals surface area contributed by atoms with Crippen molar-refractivity contribution in [2.24, 2.45) is 0 Å². The summed E-state index contributed by atoms with van der Waals surface area (Å²) in [6, 6.07) is 0. The van der Waals surface area contributed by atoms with E-state index in [0.29, 0.717) is 6.54 Å². The van der Waals surface area contributed by atoms with E-state index in [4.69, 9.17) is 16.7 Å². The van der Waals surface area contributed by atoms with Crippen LogP contribution in [0.3, 0.4) is 0 Å². The van der Waals surface area contributed by atoms with Crippen molar-refractivity contribution in [3.63, 3.8) is 0 Å². The number of nitrogens with zero attached hydrogens (tertiary/aromatic N) is 3. The van der Waals surface area contributed by atoms with Gasteiger partial charge in [0.15, 0.2) is 0 Å². The number of anilines is 1. The summed E-state index contributed by atoms with van der Waals surface area (Å²) in [5, 5.41) is 22.1. The molecule has 0 spiro atoms. The topological polar surface area (TPSA) is 101 Å². The van der Waals surface area contributed by atoms with E-state index in [9.17, 15) is 10.1 Å². The molecule has 0 atom stereocenters. The molecule has 0 aromatic carbocycles. The highest BCUT2D eigenvalue weighted by Crippen LogP contribution is 2.28. The van der Waals surface area contributed by atoms with Crippen LogP contribution in [0, 0.1) is 10.1 Å². The second-order valence-corrected chi connectivity index (χ2v) is 4.04. The number of nitrogens with one attached hydrogen (secondary N) is 1. The van der Waals surface area contributed by atoms with E-state index in [1.807, 2.05) is 0 Å². The van der Waals surface area contributed by atoms with Gasteiger partial charge in [0.05, 0.1) is 4.92 Å². The Bertz CT molecular complexity index is 403. The molecule has 18 heavy (non-hydrogen) atoms. The Morgan fingerprint density at radius 1 is 1.33 bits per heavy atom. The van der Waals surface area contributed by atoms with Gasteiger partial charge in [0, 0.05) is 13.2 Å². The summed E-state index contributed by atoms with van der Waals surface area (Å²) in [5.74, 6) is 0.141. The van der Waals surface area contributed by atoms with E-state index in [0.717, 1.165) is 25.7 Å². The fourth-order valence-corrected chi connectivity index (χ4v) is 1.65. The van der Waals surface area contributed by atoms with Crippen LogP contribution < -0.4 is 5.32 Å². The van der Waals surface area contributed by atoms with Gasteiger partial charge in [-0.25, -0.2) is 9.97 Å². The number of aliphatic hydroxyl groups excluding tert-OH is 1. The molecule has 0 aliphatic rings. The van der Waals surface area contributed by atoms with Crippen LogP contribution in [0.2, 0.25) is 5.15 Å². The predicted molar refractivity (Wildman–Crippen MR) is 67.7 cm³/mol. The average Bonchev–Trinajstić information content (AvgIpc) is 2.33. The molecule has 2 N–H and O–H groups in total. The molecular formula is C10H15ClN4O3. The van der Waals surface area contributed by atoms with Crippen molar-refractivity contribution in [1.29, 1.82) is 0 Å². The maximum absolute atomic E-state index is 10.8. The molecule has 1 heterocycles. The Hall–Kier alpha value is -1.47. The number of halogens is 1. The molecule has 7 nitrogen and oxygen atoms in total. The predicted octanol–water partition coefficient (Wildman–Crippen LogP) is 2.00. The summed E-state index contributed by atoms with van der Waals surface area (Å²) in [5.41, 5.74) is -0.297. The molecule has 0 fully saturated rings. The highest BCUT2D eigenvalue weighted by molar-refractivity contribution is 6.31. The molecule has 0 aliphatic heterocycles. The van der Waals surface area contributed by atoms with Gasteiger partial charge in [-0.3, -0.25) is 10.1 Å². The molecule has 0 saturated carbocycles. The fourth-order valence-electron chi connectivity index (χ4n) is 1.45. The summed E-state index contributed by atoms with van der Waals surface area (Å²) in [6.07, 6.45) is 4.69. The van der Waals surface area contributed by atoms with Crippen molar-refractivity contribution in [3.05, 3.63) is 21.6 Å². The van der Waals surface area contributed by atoms with E-state index < -0.39 is 4.92 Å². The first kappa shape index (κ1) is 14.6. The first-order valence-electron chi connectivity index (χ1n) is 5.66. The molecule has 1 aromatic rings. The number of aromatic nitrogens is 2. The fraction of sp³-hybridized carbons (Fsp3) is 0.600. The number of hydrogen-bond acceptors (Lipinski definition) is 6. The molecular weight excluding hydrogens is 260 g/mol. The molecule has 0 aliphatic carbocycles. The van der Waals surface area contributed by atoms with Gasteiger partial charge in [-0.2, -0.15) is 0 Å². The van der Waals surface area contributed by atoms with Crippen molar-refractivity contribution in [3.8, 4) is 0 Å². The Kier molecular flexibility index (Phi) is 6.31. The highest BCUT2D eigenvalue weighted by Gasteiger charge is 2.20. The lowest BCUT2D eigenvalue weighted by Crippen LogP contribution is -2.07. The van der Waals surface area contributed by atoms with Crippen LogP contribution >= 0.6 is 11.6 Å². The lowest BCUT2D eigenvalue weighted by Gasteiger charge is -2.06. The van der Waals surface area contributed by atoms with Crippen LogP contribution in [0.5, 0.6) is 0 Å². The average molecular weight is 275 g/mol. The molecule has 100 valence electrons. The third kappa shape index (κ3) is 4.42. The van der Waals surface area contributed by atoms with Gasteiger partial charge in [0.25, 0.3) is 0 Å². The quantitative estimate of drug-likeness (QED) is 0.325. The van der Waals surface area contributed by atoms with Crippen LogP contribution in [0.1, 0.15) is 25.7 Å². The Labute approximate surface area is 109 Å². The van der Waals surface area contributed by atoms with Gasteiger partial charge in [-0.15, -0.1) is 0 Å².